The van der Waals surface area contributed by atoms with Gasteiger partial charge in [-0.2, -0.15) is 11.8 Å². The van der Waals surface area contributed by atoms with E-state index in [1.807, 2.05) is 31.4 Å². The molecule has 0 saturated carbocycles. The van der Waals surface area contributed by atoms with E-state index in [1.165, 1.54) is 4.90 Å². The Hall–Kier alpha value is -1.33. The van der Waals surface area contributed by atoms with E-state index >= 15 is 0 Å². The number of carbonyl (C=O) groups is 2. The summed E-state index contributed by atoms with van der Waals surface area (Å²) < 4.78 is 0. The monoisotopic (exact) mass is 278 g/mol. The van der Waals surface area contributed by atoms with Crippen molar-refractivity contribution in [1.29, 1.82) is 0 Å². The lowest BCUT2D eigenvalue weighted by Crippen LogP contribution is -2.43. The van der Waals surface area contributed by atoms with Crippen LogP contribution in [0.25, 0.3) is 0 Å². The van der Waals surface area contributed by atoms with Crippen molar-refractivity contribution >= 4 is 29.3 Å². The lowest BCUT2D eigenvalue weighted by atomic mass is 10.2. The van der Waals surface area contributed by atoms with Gasteiger partial charge < -0.3 is 5.32 Å². The predicted molar refractivity (Wildman–Crippen MR) is 78.3 cm³/mol. The van der Waals surface area contributed by atoms with Crippen LogP contribution < -0.4 is 10.2 Å². The summed E-state index contributed by atoms with van der Waals surface area (Å²) >= 11 is 1.72. The summed E-state index contributed by atoms with van der Waals surface area (Å²) in [6, 6.07) is 8.90. The van der Waals surface area contributed by atoms with E-state index < -0.39 is 6.04 Å². The quantitative estimate of drug-likeness (QED) is 0.832. The smallest absolute Gasteiger partial charge is 0.251 e. The Kier molecular flexibility index (Phi) is 4.61. The first-order valence-electron chi connectivity index (χ1n) is 6.30. The SMILES string of the molecule is CSCC(C)NC1CC(=O)N(c2ccccc2)C1=O. The van der Waals surface area contributed by atoms with E-state index in [9.17, 15) is 9.59 Å². The highest BCUT2D eigenvalue weighted by Gasteiger charge is 2.39. The number of para-hydroxylation sites is 1. The Morgan fingerprint density at radius 2 is 2.05 bits per heavy atom. The molecule has 19 heavy (non-hydrogen) atoms. The van der Waals surface area contributed by atoms with Gasteiger partial charge in [0.15, 0.2) is 0 Å². The van der Waals surface area contributed by atoms with Crippen LogP contribution in [0, 0.1) is 0 Å². The molecule has 0 radical (unpaired) electrons. The third-order valence-electron chi connectivity index (χ3n) is 3.06. The number of hydrogen-bond acceptors (Lipinski definition) is 4. The second kappa shape index (κ2) is 6.21. The average Bonchev–Trinajstić information content (AvgIpc) is 2.66. The summed E-state index contributed by atoms with van der Waals surface area (Å²) in [4.78, 5) is 25.6. The number of rotatable bonds is 5. The Balaban J connectivity index is 2.09. The molecule has 1 aliphatic rings. The number of nitrogens with zero attached hydrogens (tertiary/aromatic N) is 1. The maximum Gasteiger partial charge on any atom is 0.251 e. The number of imide groups is 1. The van der Waals surface area contributed by atoms with Crippen LogP contribution in [0.2, 0.25) is 0 Å². The van der Waals surface area contributed by atoms with Gasteiger partial charge in [-0.3, -0.25) is 9.59 Å². The molecule has 1 saturated heterocycles. The van der Waals surface area contributed by atoms with Gasteiger partial charge in [-0.05, 0) is 25.3 Å². The van der Waals surface area contributed by atoms with E-state index in [-0.39, 0.29) is 24.3 Å². The van der Waals surface area contributed by atoms with Crippen molar-refractivity contribution in [3.05, 3.63) is 30.3 Å². The Morgan fingerprint density at radius 3 is 2.68 bits per heavy atom. The van der Waals surface area contributed by atoms with Crippen molar-refractivity contribution in [1.82, 2.24) is 5.32 Å². The van der Waals surface area contributed by atoms with Crippen LogP contribution in [0.3, 0.4) is 0 Å². The molecule has 0 bridgehead atoms. The molecule has 1 fully saturated rings. The molecule has 2 rings (SSSR count). The van der Waals surface area contributed by atoms with E-state index in [4.69, 9.17) is 0 Å². The molecule has 1 N–H and O–H groups in total. The Bertz CT molecular complexity index is 464. The van der Waals surface area contributed by atoms with E-state index in [0.717, 1.165) is 5.75 Å². The van der Waals surface area contributed by atoms with E-state index in [2.05, 4.69) is 5.32 Å². The van der Waals surface area contributed by atoms with Crippen LogP contribution in [0.1, 0.15) is 13.3 Å². The highest BCUT2D eigenvalue weighted by molar-refractivity contribution is 7.98. The van der Waals surface area contributed by atoms with Crippen molar-refractivity contribution in [3.63, 3.8) is 0 Å². The maximum atomic E-state index is 12.3. The van der Waals surface area contributed by atoms with Gasteiger partial charge in [0, 0.05) is 11.8 Å². The molecule has 0 aliphatic carbocycles. The zero-order valence-corrected chi connectivity index (χ0v) is 11.9. The third kappa shape index (κ3) is 3.16. The number of nitrogens with one attached hydrogen (secondary N) is 1. The van der Waals surface area contributed by atoms with Gasteiger partial charge in [0.25, 0.3) is 5.91 Å². The number of anilines is 1. The average molecular weight is 278 g/mol. The van der Waals surface area contributed by atoms with Gasteiger partial charge >= 0.3 is 0 Å². The van der Waals surface area contributed by atoms with Crippen LogP contribution in [-0.4, -0.2) is 35.9 Å². The summed E-state index contributed by atoms with van der Waals surface area (Å²) in [7, 11) is 0. The van der Waals surface area contributed by atoms with E-state index in [1.54, 1.807) is 23.9 Å². The van der Waals surface area contributed by atoms with Crippen LogP contribution in [0.15, 0.2) is 30.3 Å². The van der Waals surface area contributed by atoms with E-state index in [0.29, 0.717) is 5.69 Å². The van der Waals surface area contributed by atoms with Crippen molar-refractivity contribution in [2.24, 2.45) is 0 Å². The van der Waals surface area contributed by atoms with Crippen molar-refractivity contribution in [2.45, 2.75) is 25.4 Å². The highest BCUT2D eigenvalue weighted by atomic mass is 32.2. The number of carbonyl (C=O) groups excluding carboxylic acids is 2. The summed E-state index contributed by atoms with van der Waals surface area (Å²) in [6.45, 7) is 2.03. The minimum atomic E-state index is -0.394. The molecule has 0 spiro atoms. The Morgan fingerprint density at radius 1 is 1.37 bits per heavy atom. The van der Waals surface area contributed by atoms with Crippen LogP contribution in [-0.2, 0) is 9.59 Å². The first kappa shape index (κ1) is 14.1. The standard InChI is InChI=1S/C14H18N2O2S/c1-10(9-19-2)15-12-8-13(17)16(14(12)18)11-6-4-3-5-7-11/h3-7,10,12,15H,8-9H2,1-2H3. The lowest BCUT2D eigenvalue weighted by molar-refractivity contribution is -0.121. The fourth-order valence-corrected chi connectivity index (χ4v) is 2.85. The summed E-state index contributed by atoms with van der Waals surface area (Å²) in [5.41, 5.74) is 0.652. The molecular weight excluding hydrogens is 260 g/mol. The van der Waals surface area contributed by atoms with Crippen LogP contribution in [0.4, 0.5) is 5.69 Å². The third-order valence-corrected chi connectivity index (χ3v) is 3.90. The van der Waals surface area contributed by atoms with Gasteiger partial charge in [-0.15, -0.1) is 0 Å². The molecule has 1 aromatic carbocycles. The molecule has 2 unspecified atom stereocenters. The van der Waals surface area contributed by atoms with Gasteiger partial charge in [0.1, 0.15) is 0 Å². The summed E-state index contributed by atoms with van der Waals surface area (Å²) in [6.07, 6.45) is 2.27. The summed E-state index contributed by atoms with van der Waals surface area (Å²) in [5, 5.41) is 3.23. The topological polar surface area (TPSA) is 49.4 Å². The van der Waals surface area contributed by atoms with Crippen LogP contribution in [0.5, 0.6) is 0 Å². The predicted octanol–water partition coefficient (Wildman–Crippen LogP) is 1.66. The number of amides is 2. The second-order valence-electron chi connectivity index (χ2n) is 4.68. The maximum absolute atomic E-state index is 12.3. The highest BCUT2D eigenvalue weighted by Crippen LogP contribution is 2.22. The number of benzene rings is 1. The zero-order valence-electron chi connectivity index (χ0n) is 11.1. The molecule has 5 heteroatoms. The molecule has 2 amide bonds. The minimum absolute atomic E-state index is 0.134. The number of thioether (sulfide) groups is 1. The van der Waals surface area contributed by atoms with Gasteiger partial charge in [-0.1, -0.05) is 18.2 Å². The fraction of sp³-hybridized carbons (Fsp3) is 0.429. The molecule has 102 valence electrons. The van der Waals surface area contributed by atoms with Gasteiger partial charge in [-0.25, -0.2) is 4.90 Å². The molecule has 2 atom stereocenters. The van der Waals surface area contributed by atoms with Gasteiger partial charge in [0.2, 0.25) is 5.91 Å². The zero-order chi connectivity index (χ0) is 13.8. The minimum Gasteiger partial charge on any atom is -0.302 e. The largest absolute Gasteiger partial charge is 0.302 e. The fourth-order valence-electron chi connectivity index (χ4n) is 2.25. The molecule has 1 aromatic rings. The van der Waals surface area contributed by atoms with Crippen molar-refractivity contribution < 1.29 is 9.59 Å². The molecule has 1 heterocycles. The van der Waals surface area contributed by atoms with Gasteiger partial charge in [0.05, 0.1) is 18.2 Å². The molecule has 4 nitrogen and oxygen atoms in total. The molecular formula is C14H18N2O2S. The molecule has 1 aliphatic heterocycles. The lowest BCUT2D eigenvalue weighted by Gasteiger charge is -2.18. The number of hydrogen-bond donors (Lipinski definition) is 1. The second-order valence-corrected chi connectivity index (χ2v) is 5.59. The van der Waals surface area contributed by atoms with Crippen LogP contribution >= 0.6 is 11.8 Å². The normalized spacial score (nSPS) is 20.9. The first-order chi connectivity index (χ1) is 9.13. The van der Waals surface area contributed by atoms with Crippen molar-refractivity contribution in [3.8, 4) is 0 Å². The Labute approximate surface area is 117 Å². The van der Waals surface area contributed by atoms with Crippen molar-refractivity contribution in [2.75, 3.05) is 16.9 Å². The first-order valence-corrected chi connectivity index (χ1v) is 7.69. The molecule has 0 aromatic heterocycles. The summed E-state index contributed by atoms with van der Waals surface area (Å²) in [5.74, 6) is 0.637.